The zero-order chi connectivity index (χ0) is 29.5. The molecule has 1 aliphatic rings. The fourth-order valence-corrected chi connectivity index (χ4v) is 5.41. The van der Waals surface area contributed by atoms with E-state index in [2.05, 4.69) is 15.9 Å². The summed E-state index contributed by atoms with van der Waals surface area (Å²) >= 11 is 3.78. The SMILES string of the molecule is COc1cc(Br)c(-c2c(-c3cc(OC)c(OC)cc3B3OC(C)(C)C(C)(C)O3)cnn2-c2ccccc2)cc1OC. The number of methoxy groups -OCH3 is 4. The Bertz CT molecular complexity index is 1550. The van der Waals surface area contributed by atoms with E-state index in [0.717, 1.165) is 38.0 Å². The summed E-state index contributed by atoms with van der Waals surface area (Å²) < 4.78 is 38.5. The third-order valence-electron chi connectivity index (χ3n) is 7.85. The van der Waals surface area contributed by atoms with Gasteiger partial charge in [-0.05, 0) is 91.0 Å². The highest BCUT2D eigenvalue weighted by Crippen LogP contribution is 2.45. The second-order valence-electron chi connectivity index (χ2n) is 10.7. The smallest absolute Gasteiger partial charge is 0.493 e. The number of ether oxygens (including phenoxy) is 4. The Morgan fingerprint density at radius 3 is 1.78 bits per heavy atom. The predicted octanol–water partition coefficient (Wildman–Crippen LogP) is 6.30. The first kappa shape index (κ1) is 29.0. The first-order chi connectivity index (χ1) is 19.5. The molecule has 1 fully saturated rings. The molecular weight excluding hydrogens is 587 g/mol. The number of hydrogen-bond donors (Lipinski definition) is 0. The first-order valence-corrected chi connectivity index (χ1v) is 14.0. The highest BCUT2D eigenvalue weighted by atomic mass is 79.9. The summed E-state index contributed by atoms with van der Waals surface area (Å²) in [5, 5.41) is 4.87. The average Bonchev–Trinajstić information content (AvgIpc) is 3.49. The Hall–Kier alpha value is -3.47. The molecule has 8 nitrogen and oxygen atoms in total. The fourth-order valence-electron chi connectivity index (χ4n) is 4.90. The molecule has 0 bridgehead atoms. The lowest BCUT2D eigenvalue weighted by molar-refractivity contribution is 0.00578. The van der Waals surface area contributed by atoms with Crippen LogP contribution in [-0.4, -0.2) is 56.5 Å². The molecule has 0 N–H and O–H groups in total. The molecule has 5 rings (SSSR count). The molecular formula is C31H34BBrN2O6. The van der Waals surface area contributed by atoms with Gasteiger partial charge in [-0.25, -0.2) is 4.68 Å². The maximum absolute atomic E-state index is 6.52. The molecule has 214 valence electrons. The zero-order valence-corrected chi connectivity index (χ0v) is 26.2. The third-order valence-corrected chi connectivity index (χ3v) is 8.51. The van der Waals surface area contributed by atoms with Gasteiger partial charge in [-0.1, -0.05) is 18.2 Å². The van der Waals surface area contributed by atoms with Crippen molar-refractivity contribution < 1.29 is 28.3 Å². The topological polar surface area (TPSA) is 73.2 Å². The van der Waals surface area contributed by atoms with Crippen molar-refractivity contribution in [3.05, 3.63) is 65.3 Å². The third kappa shape index (κ3) is 5.09. The van der Waals surface area contributed by atoms with E-state index in [1.807, 2.05) is 93.2 Å². The van der Waals surface area contributed by atoms with E-state index in [1.165, 1.54) is 0 Å². The highest BCUT2D eigenvalue weighted by Gasteiger charge is 2.52. The minimum Gasteiger partial charge on any atom is -0.493 e. The molecule has 0 amide bonds. The van der Waals surface area contributed by atoms with Gasteiger partial charge in [0.25, 0.3) is 0 Å². The van der Waals surface area contributed by atoms with Crippen LogP contribution in [0, 0.1) is 0 Å². The molecule has 1 aliphatic heterocycles. The lowest BCUT2D eigenvalue weighted by atomic mass is 9.74. The van der Waals surface area contributed by atoms with Crippen LogP contribution in [0.2, 0.25) is 0 Å². The van der Waals surface area contributed by atoms with Crippen LogP contribution in [0.5, 0.6) is 23.0 Å². The molecule has 0 atom stereocenters. The van der Waals surface area contributed by atoms with Crippen molar-refractivity contribution >= 4 is 28.5 Å². The van der Waals surface area contributed by atoms with Crippen molar-refractivity contribution in [1.29, 1.82) is 0 Å². The van der Waals surface area contributed by atoms with E-state index >= 15 is 0 Å². The van der Waals surface area contributed by atoms with E-state index in [1.54, 1.807) is 28.4 Å². The fraction of sp³-hybridized carbons (Fsp3) is 0.323. The Morgan fingerprint density at radius 1 is 0.707 bits per heavy atom. The summed E-state index contributed by atoms with van der Waals surface area (Å²) in [4.78, 5) is 0. The maximum Gasteiger partial charge on any atom is 0.495 e. The summed E-state index contributed by atoms with van der Waals surface area (Å²) in [6, 6.07) is 17.7. The molecule has 0 unspecified atom stereocenters. The summed E-state index contributed by atoms with van der Waals surface area (Å²) in [7, 11) is 5.82. The number of hydrogen-bond acceptors (Lipinski definition) is 7. The molecule has 2 heterocycles. The Kier molecular flexibility index (Phi) is 7.85. The van der Waals surface area contributed by atoms with Crippen LogP contribution in [0.3, 0.4) is 0 Å². The van der Waals surface area contributed by atoms with Gasteiger partial charge < -0.3 is 28.3 Å². The molecule has 0 aliphatic carbocycles. The minimum absolute atomic E-state index is 0.536. The monoisotopic (exact) mass is 620 g/mol. The normalized spacial score (nSPS) is 15.6. The first-order valence-electron chi connectivity index (χ1n) is 13.2. The van der Waals surface area contributed by atoms with Gasteiger partial charge in [-0.3, -0.25) is 0 Å². The van der Waals surface area contributed by atoms with E-state index in [0.29, 0.717) is 23.0 Å². The summed E-state index contributed by atoms with van der Waals surface area (Å²) in [6.07, 6.45) is 1.85. The molecule has 0 saturated carbocycles. The summed E-state index contributed by atoms with van der Waals surface area (Å²) in [5.74, 6) is 2.35. The molecule has 3 aromatic carbocycles. The zero-order valence-electron chi connectivity index (χ0n) is 24.6. The summed E-state index contributed by atoms with van der Waals surface area (Å²) in [6.45, 7) is 8.14. The molecule has 1 saturated heterocycles. The van der Waals surface area contributed by atoms with Crippen LogP contribution in [0.15, 0.2) is 65.3 Å². The van der Waals surface area contributed by atoms with Gasteiger partial charge in [0.1, 0.15) is 0 Å². The van der Waals surface area contributed by atoms with Crippen LogP contribution in [0.1, 0.15) is 27.7 Å². The van der Waals surface area contributed by atoms with Gasteiger partial charge >= 0.3 is 7.12 Å². The number of para-hydroxylation sites is 1. The quantitative estimate of drug-likeness (QED) is 0.214. The second kappa shape index (κ2) is 11.1. The molecule has 0 spiro atoms. The molecule has 10 heteroatoms. The predicted molar refractivity (Wildman–Crippen MR) is 164 cm³/mol. The van der Waals surface area contributed by atoms with Crippen molar-refractivity contribution in [1.82, 2.24) is 9.78 Å². The Morgan fingerprint density at radius 2 is 1.22 bits per heavy atom. The number of rotatable bonds is 8. The number of benzene rings is 3. The van der Waals surface area contributed by atoms with Gasteiger partial charge in [0.2, 0.25) is 0 Å². The van der Waals surface area contributed by atoms with Crippen molar-refractivity contribution in [3.63, 3.8) is 0 Å². The lowest BCUT2D eigenvalue weighted by Gasteiger charge is -2.32. The standard InChI is InChI=1S/C31H34BBrN2O6/c1-30(2)31(3,4)41-32(40-30)23-16-27(38-7)25(36-5)14-20(23)22-18-34-35(19-12-10-9-11-13-19)29(22)21-15-26(37-6)28(39-8)17-24(21)33/h9-18H,1-8H3. The van der Waals surface area contributed by atoms with Gasteiger partial charge in [0.05, 0.1) is 57.2 Å². The molecule has 4 aromatic rings. The Labute approximate surface area is 249 Å². The molecule has 1 aromatic heterocycles. The Balaban J connectivity index is 1.82. The van der Waals surface area contributed by atoms with Gasteiger partial charge in [-0.15, -0.1) is 0 Å². The van der Waals surface area contributed by atoms with Crippen LogP contribution in [0.4, 0.5) is 0 Å². The lowest BCUT2D eigenvalue weighted by Crippen LogP contribution is -2.41. The van der Waals surface area contributed by atoms with Crippen molar-refractivity contribution in [2.75, 3.05) is 28.4 Å². The van der Waals surface area contributed by atoms with Gasteiger partial charge in [-0.2, -0.15) is 5.10 Å². The van der Waals surface area contributed by atoms with E-state index in [9.17, 15) is 0 Å². The highest BCUT2D eigenvalue weighted by molar-refractivity contribution is 9.10. The van der Waals surface area contributed by atoms with E-state index in [4.69, 9.17) is 33.4 Å². The van der Waals surface area contributed by atoms with Gasteiger partial charge in [0, 0.05) is 15.6 Å². The second-order valence-corrected chi connectivity index (χ2v) is 11.6. The van der Waals surface area contributed by atoms with Crippen LogP contribution in [0.25, 0.3) is 28.1 Å². The molecule has 41 heavy (non-hydrogen) atoms. The van der Waals surface area contributed by atoms with Gasteiger partial charge in [0.15, 0.2) is 23.0 Å². The number of aromatic nitrogens is 2. The van der Waals surface area contributed by atoms with E-state index in [-0.39, 0.29) is 0 Å². The summed E-state index contributed by atoms with van der Waals surface area (Å²) in [5.41, 5.74) is 3.98. The maximum atomic E-state index is 6.52. The number of halogens is 1. The van der Waals surface area contributed by atoms with E-state index < -0.39 is 18.3 Å². The minimum atomic E-state index is -0.656. The van der Waals surface area contributed by atoms with Crippen LogP contribution in [-0.2, 0) is 9.31 Å². The van der Waals surface area contributed by atoms with Crippen LogP contribution < -0.4 is 24.4 Å². The average molecular weight is 621 g/mol. The number of nitrogens with zero attached hydrogens (tertiary/aromatic N) is 2. The van der Waals surface area contributed by atoms with Crippen LogP contribution >= 0.6 is 15.9 Å². The van der Waals surface area contributed by atoms with Crippen molar-refractivity contribution in [2.24, 2.45) is 0 Å². The largest absolute Gasteiger partial charge is 0.495 e. The van der Waals surface area contributed by atoms with Crippen molar-refractivity contribution in [3.8, 4) is 51.1 Å². The van der Waals surface area contributed by atoms with Crippen molar-refractivity contribution in [2.45, 2.75) is 38.9 Å². The molecule has 0 radical (unpaired) electrons.